The van der Waals surface area contributed by atoms with E-state index in [1.807, 2.05) is 6.07 Å². The van der Waals surface area contributed by atoms with Crippen LogP contribution < -0.4 is 5.46 Å². The number of hydrogen-bond acceptors (Lipinski definition) is 4. The smallest absolute Gasteiger partial charge is 0.423 e. The molecular weight excluding hydrogens is 193 g/mol. The first-order valence-corrected chi connectivity index (χ1v) is 4.53. The molecule has 2 rings (SSSR count). The van der Waals surface area contributed by atoms with Crippen LogP contribution in [0.1, 0.15) is 5.56 Å². The average Bonchev–Trinajstić information content (AvgIpc) is 2.71. The van der Waals surface area contributed by atoms with Gasteiger partial charge in [0.05, 0.1) is 6.54 Å². The minimum atomic E-state index is -1.43. The molecule has 0 aliphatic rings. The summed E-state index contributed by atoms with van der Waals surface area (Å²) in [7, 11) is -1.43. The molecule has 1 aromatic heterocycles. The summed E-state index contributed by atoms with van der Waals surface area (Å²) in [5.41, 5.74) is 1.43. The van der Waals surface area contributed by atoms with E-state index in [9.17, 15) is 0 Å². The monoisotopic (exact) mass is 203 g/mol. The number of nitrogens with zero attached hydrogens (tertiary/aromatic N) is 3. The molecule has 2 N–H and O–H groups in total. The van der Waals surface area contributed by atoms with E-state index in [2.05, 4.69) is 10.1 Å². The molecule has 0 saturated heterocycles. The Hall–Kier alpha value is -1.66. The normalized spacial score (nSPS) is 10.3. The van der Waals surface area contributed by atoms with E-state index in [-0.39, 0.29) is 0 Å². The molecule has 0 bridgehead atoms. The highest BCUT2D eigenvalue weighted by atomic mass is 16.4. The van der Waals surface area contributed by atoms with Gasteiger partial charge in [-0.2, -0.15) is 5.10 Å². The molecule has 1 heterocycles. The van der Waals surface area contributed by atoms with Gasteiger partial charge in [-0.15, -0.1) is 0 Å². The molecule has 0 atom stereocenters. The third-order valence-electron chi connectivity index (χ3n) is 2.06. The van der Waals surface area contributed by atoms with E-state index in [0.29, 0.717) is 12.0 Å². The molecule has 0 aliphatic carbocycles. The standard InChI is InChI=1S/C9H10BN3O2/c14-10(15)9-3-1-2-8(4-9)5-13-7-11-6-12-13/h1-4,6-7,14-15H,5H2. The van der Waals surface area contributed by atoms with Crippen LogP contribution in [0.5, 0.6) is 0 Å². The quantitative estimate of drug-likeness (QED) is 0.628. The zero-order chi connectivity index (χ0) is 10.7. The summed E-state index contributed by atoms with van der Waals surface area (Å²) >= 11 is 0. The van der Waals surface area contributed by atoms with Gasteiger partial charge in [0.25, 0.3) is 0 Å². The van der Waals surface area contributed by atoms with Crippen LogP contribution in [0.3, 0.4) is 0 Å². The van der Waals surface area contributed by atoms with Crippen LogP contribution in [0.4, 0.5) is 0 Å². The maximum absolute atomic E-state index is 9.00. The Labute approximate surface area is 87.2 Å². The molecule has 0 aliphatic heterocycles. The molecule has 1 aromatic carbocycles. The molecule has 6 heteroatoms. The zero-order valence-corrected chi connectivity index (χ0v) is 7.98. The minimum Gasteiger partial charge on any atom is -0.423 e. The average molecular weight is 203 g/mol. The third-order valence-corrected chi connectivity index (χ3v) is 2.06. The fraction of sp³-hybridized carbons (Fsp3) is 0.111. The second kappa shape index (κ2) is 4.25. The summed E-state index contributed by atoms with van der Waals surface area (Å²) in [6.45, 7) is 0.570. The molecule has 0 fully saturated rings. The van der Waals surface area contributed by atoms with Gasteiger partial charge in [0.2, 0.25) is 0 Å². The van der Waals surface area contributed by atoms with E-state index in [4.69, 9.17) is 10.0 Å². The summed E-state index contributed by atoms with van der Waals surface area (Å²) < 4.78 is 1.67. The van der Waals surface area contributed by atoms with Crippen molar-refractivity contribution in [2.45, 2.75) is 6.54 Å². The highest BCUT2D eigenvalue weighted by molar-refractivity contribution is 6.58. The van der Waals surface area contributed by atoms with Crippen molar-refractivity contribution in [3.8, 4) is 0 Å². The van der Waals surface area contributed by atoms with Crippen LogP contribution >= 0.6 is 0 Å². The Morgan fingerprint density at radius 1 is 1.33 bits per heavy atom. The second-order valence-electron chi connectivity index (χ2n) is 3.21. The number of hydrogen-bond donors (Lipinski definition) is 2. The summed E-state index contributed by atoms with van der Waals surface area (Å²) in [6.07, 6.45) is 3.08. The van der Waals surface area contributed by atoms with Crippen molar-refractivity contribution in [1.82, 2.24) is 14.8 Å². The summed E-state index contributed by atoms with van der Waals surface area (Å²) in [5.74, 6) is 0. The Morgan fingerprint density at radius 2 is 2.20 bits per heavy atom. The Balaban J connectivity index is 2.18. The maximum atomic E-state index is 9.00. The van der Waals surface area contributed by atoms with E-state index in [1.54, 1.807) is 29.2 Å². The second-order valence-corrected chi connectivity index (χ2v) is 3.21. The molecule has 15 heavy (non-hydrogen) atoms. The molecule has 0 saturated carbocycles. The fourth-order valence-electron chi connectivity index (χ4n) is 1.35. The third kappa shape index (κ3) is 2.42. The van der Waals surface area contributed by atoms with Crippen molar-refractivity contribution in [3.05, 3.63) is 42.5 Å². The largest absolute Gasteiger partial charge is 0.488 e. The predicted molar refractivity (Wildman–Crippen MR) is 55.4 cm³/mol. The Kier molecular flexibility index (Phi) is 2.80. The fourth-order valence-corrected chi connectivity index (χ4v) is 1.35. The first kappa shape index (κ1) is 9.88. The molecule has 0 spiro atoms. The van der Waals surface area contributed by atoms with E-state index >= 15 is 0 Å². The van der Waals surface area contributed by atoms with Crippen molar-refractivity contribution >= 4 is 12.6 Å². The van der Waals surface area contributed by atoms with Gasteiger partial charge in [0.1, 0.15) is 12.7 Å². The van der Waals surface area contributed by atoms with Gasteiger partial charge in [-0.3, -0.25) is 0 Å². The molecule has 0 radical (unpaired) electrons. The van der Waals surface area contributed by atoms with Crippen LogP contribution in [0.2, 0.25) is 0 Å². The first-order valence-electron chi connectivity index (χ1n) is 4.53. The van der Waals surface area contributed by atoms with Gasteiger partial charge in [0, 0.05) is 0 Å². The number of rotatable bonds is 3. The van der Waals surface area contributed by atoms with Gasteiger partial charge >= 0.3 is 7.12 Å². The van der Waals surface area contributed by atoms with Crippen molar-refractivity contribution < 1.29 is 10.0 Å². The summed E-state index contributed by atoms with van der Waals surface area (Å²) in [6, 6.07) is 7.07. The number of benzene rings is 1. The molecule has 5 nitrogen and oxygen atoms in total. The van der Waals surface area contributed by atoms with E-state index in [0.717, 1.165) is 5.56 Å². The van der Waals surface area contributed by atoms with E-state index in [1.165, 1.54) is 6.33 Å². The lowest BCUT2D eigenvalue weighted by Crippen LogP contribution is -2.30. The van der Waals surface area contributed by atoms with Crippen molar-refractivity contribution in [2.75, 3.05) is 0 Å². The van der Waals surface area contributed by atoms with Crippen LogP contribution in [-0.4, -0.2) is 31.9 Å². The van der Waals surface area contributed by atoms with Gasteiger partial charge in [-0.05, 0) is 11.0 Å². The van der Waals surface area contributed by atoms with Crippen LogP contribution in [0.25, 0.3) is 0 Å². The van der Waals surface area contributed by atoms with Crippen molar-refractivity contribution in [1.29, 1.82) is 0 Å². The molecule has 2 aromatic rings. The molecular formula is C9H10BN3O2. The Bertz CT molecular complexity index is 431. The van der Waals surface area contributed by atoms with Gasteiger partial charge in [0.15, 0.2) is 0 Å². The summed E-state index contributed by atoms with van der Waals surface area (Å²) in [4.78, 5) is 3.83. The van der Waals surface area contributed by atoms with Crippen LogP contribution in [-0.2, 0) is 6.54 Å². The van der Waals surface area contributed by atoms with Crippen LogP contribution in [0, 0.1) is 0 Å². The lowest BCUT2D eigenvalue weighted by Gasteiger charge is -2.04. The zero-order valence-electron chi connectivity index (χ0n) is 7.98. The van der Waals surface area contributed by atoms with E-state index < -0.39 is 7.12 Å². The first-order chi connectivity index (χ1) is 7.25. The lowest BCUT2D eigenvalue weighted by atomic mass is 9.80. The van der Waals surface area contributed by atoms with Crippen molar-refractivity contribution in [3.63, 3.8) is 0 Å². The van der Waals surface area contributed by atoms with Gasteiger partial charge in [-0.25, -0.2) is 9.67 Å². The number of aromatic nitrogens is 3. The maximum Gasteiger partial charge on any atom is 0.488 e. The van der Waals surface area contributed by atoms with Crippen LogP contribution in [0.15, 0.2) is 36.9 Å². The van der Waals surface area contributed by atoms with Gasteiger partial charge < -0.3 is 10.0 Å². The topological polar surface area (TPSA) is 71.2 Å². The molecule has 0 amide bonds. The Morgan fingerprint density at radius 3 is 2.87 bits per heavy atom. The molecule has 76 valence electrons. The minimum absolute atomic E-state index is 0.479. The van der Waals surface area contributed by atoms with Gasteiger partial charge in [-0.1, -0.05) is 24.3 Å². The summed E-state index contributed by atoms with van der Waals surface area (Å²) in [5, 5.41) is 22.0. The lowest BCUT2D eigenvalue weighted by molar-refractivity contribution is 0.425. The predicted octanol–water partition coefficient (Wildman–Crippen LogP) is -0.994. The highest BCUT2D eigenvalue weighted by Gasteiger charge is 2.10. The highest BCUT2D eigenvalue weighted by Crippen LogP contribution is 1.99. The van der Waals surface area contributed by atoms with Crippen molar-refractivity contribution in [2.24, 2.45) is 0 Å². The molecule has 0 unspecified atom stereocenters. The SMILES string of the molecule is OB(O)c1cccc(Cn2cncn2)c1.